The van der Waals surface area contributed by atoms with Crippen molar-refractivity contribution in [2.45, 2.75) is 333 Å². The highest BCUT2D eigenvalue weighted by Crippen LogP contribution is 2.23. The molecule has 6 N–H and O–H groups in total. The van der Waals surface area contributed by atoms with Crippen LogP contribution < -0.4 is 5.32 Å². The molecular formula is C59H113NO8. The minimum atomic E-state index is -1.55. The monoisotopic (exact) mass is 964 g/mol. The lowest BCUT2D eigenvalue weighted by atomic mass is 9.99. The molecule has 0 radical (unpaired) electrons. The first-order chi connectivity index (χ1) is 33.3. The van der Waals surface area contributed by atoms with Gasteiger partial charge in [-0.15, -0.1) is 0 Å². The molecule has 0 aromatic carbocycles. The zero-order valence-corrected chi connectivity index (χ0v) is 44.6. The van der Waals surface area contributed by atoms with Crippen molar-refractivity contribution in [2.24, 2.45) is 0 Å². The van der Waals surface area contributed by atoms with Gasteiger partial charge in [-0.05, 0) is 44.9 Å². The molecule has 1 rings (SSSR count). The van der Waals surface area contributed by atoms with Gasteiger partial charge >= 0.3 is 0 Å². The van der Waals surface area contributed by atoms with E-state index in [1.807, 2.05) is 0 Å². The summed E-state index contributed by atoms with van der Waals surface area (Å²) in [6.07, 6.45) is 54.9. The molecule has 7 unspecified atom stereocenters. The van der Waals surface area contributed by atoms with Crippen LogP contribution >= 0.6 is 0 Å². The van der Waals surface area contributed by atoms with Crippen LogP contribution in [-0.2, 0) is 14.3 Å². The number of allylic oxidation sites excluding steroid dienone is 4. The Morgan fingerprint density at radius 2 is 0.868 bits per heavy atom. The van der Waals surface area contributed by atoms with Crippen LogP contribution in [0, 0.1) is 0 Å². The van der Waals surface area contributed by atoms with E-state index >= 15 is 0 Å². The minimum Gasteiger partial charge on any atom is -0.394 e. The molecule has 9 nitrogen and oxygen atoms in total. The highest BCUT2D eigenvalue weighted by atomic mass is 16.7. The number of hydrogen-bond donors (Lipinski definition) is 6. The fourth-order valence-corrected chi connectivity index (χ4v) is 9.61. The van der Waals surface area contributed by atoms with E-state index in [4.69, 9.17) is 9.47 Å². The zero-order valence-electron chi connectivity index (χ0n) is 44.6. The van der Waals surface area contributed by atoms with Crippen LogP contribution in [-0.4, -0.2) is 87.5 Å². The Morgan fingerprint density at radius 3 is 1.26 bits per heavy atom. The fraction of sp³-hybridized carbons (Fsp3) is 0.915. The van der Waals surface area contributed by atoms with Crippen LogP contribution in [0.3, 0.4) is 0 Å². The van der Waals surface area contributed by atoms with Crippen LogP contribution in [0.1, 0.15) is 290 Å². The van der Waals surface area contributed by atoms with Gasteiger partial charge in [0.1, 0.15) is 24.4 Å². The first-order valence-electron chi connectivity index (χ1n) is 29.5. The van der Waals surface area contributed by atoms with Gasteiger partial charge < -0.3 is 40.3 Å². The third-order valence-corrected chi connectivity index (χ3v) is 14.3. The van der Waals surface area contributed by atoms with Gasteiger partial charge in [-0.2, -0.15) is 0 Å². The molecule has 9 heteroatoms. The summed E-state index contributed by atoms with van der Waals surface area (Å²) < 4.78 is 11.3. The van der Waals surface area contributed by atoms with E-state index in [0.29, 0.717) is 12.8 Å². The molecule has 0 bridgehead atoms. The third-order valence-electron chi connectivity index (χ3n) is 14.3. The Labute approximate surface area is 419 Å². The maximum atomic E-state index is 13.1. The number of carbonyl (C=O) groups excluding carboxylic acids is 1. The van der Waals surface area contributed by atoms with Gasteiger partial charge in [0.15, 0.2) is 6.29 Å². The molecule has 402 valence electrons. The third kappa shape index (κ3) is 38.4. The molecule has 0 aliphatic carbocycles. The second-order valence-corrected chi connectivity index (χ2v) is 20.8. The molecule has 0 spiro atoms. The van der Waals surface area contributed by atoms with E-state index in [2.05, 4.69) is 43.5 Å². The Bertz CT molecular complexity index is 1120. The van der Waals surface area contributed by atoms with Gasteiger partial charge in [-0.3, -0.25) is 4.79 Å². The average Bonchev–Trinajstić information content (AvgIpc) is 3.34. The topological polar surface area (TPSA) is 149 Å². The Morgan fingerprint density at radius 1 is 0.500 bits per heavy atom. The number of aliphatic hydroxyl groups excluding tert-OH is 5. The zero-order chi connectivity index (χ0) is 49.4. The van der Waals surface area contributed by atoms with Crippen molar-refractivity contribution in [2.75, 3.05) is 13.2 Å². The summed E-state index contributed by atoms with van der Waals surface area (Å²) in [4.78, 5) is 13.1. The van der Waals surface area contributed by atoms with Crippen molar-refractivity contribution >= 4 is 5.91 Å². The Hall–Kier alpha value is -1.33. The van der Waals surface area contributed by atoms with E-state index in [9.17, 15) is 30.3 Å². The average molecular weight is 965 g/mol. The first-order valence-corrected chi connectivity index (χ1v) is 29.5. The molecule has 1 saturated heterocycles. The van der Waals surface area contributed by atoms with E-state index in [1.165, 1.54) is 218 Å². The van der Waals surface area contributed by atoms with Gasteiger partial charge in [0.05, 0.1) is 25.4 Å². The second kappa shape index (κ2) is 49.3. The lowest BCUT2D eigenvalue weighted by Crippen LogP contribution is -2.60. The molecule has 7 atom stereocenters. The summed E-state index contributed by atoms with van der Waals surface area (Å²) in [5, 5.41) is 54.7. The van der Waals surface area contributed by atoms with E-state index in [0.717, 1.165) is 44.9 Å². The molecule has 0 aromatic heterocycles. The summed E-state index contributed by atoms with van der Waals surface area (Å²) in [6.45, 7) is 3.86. The number of hydrogen-bond acceptors (Lipinski definition) is 8. The molecule has 1 aliphatic rings. The Balaban J connectivity index is 2.14. The number of unbranched alkanes of at least 4 members (excludes halogenated alkanes) is 37. The van der Waals surface area contributed by atoms with Gasteiger partial charge in [0, 0.05) is 6.42 Å². The Kier molecular flexibility index (Phi) is 46.9. The normalized spacial score (nSPS) is 19.7. The summed E-state index contributed by atoms with van der Waals surface area (Å²) >= 11 is 0. The van der Waals surface area contributed by atoms with Gasteiger partial charge in [0.25, 0.3) is 0 Å². The summed E-state index contributed by atoms with van der Waals surface area (Å²) in [7, 11) is 0. The van der Waals surface area contributed by atoms with Crippen LogP contribution in [0.4, 0.5) is 0 Å². The van der Waals surface area contributed by atoms with Crippen molar-refractivity contribution in [1.82, 2.24) is 5.32 Å². The van der Waals surface area contributed by atoms with E-state index in [-0.39, 0.29) is 12.5 Å². The van der Waals surface area contributed by atoms with Crippen molar-refractivity contribution < 1.29 is 39.8 Å². The minimum absolute atomic E-state index is 0.134. The van der Waals surface area contributed by atoms with Crippen molar-refractivity contribution in [3.8, 4) is 0 Å². The SMILES string of the molecule is CCCCCCC/C=C\C/C=C\CCCCCCCCCCCCCCCCCCCC(=O)NC(COC1OC(CO)C(O)C(O)C1O)C(O)CCCCCCCCCCCCCCCCCC. The van der Waals surface area contributed by atoms with Crippen LogP contribution in [0.15, 0.2) is 24.3 Å². The molecule has 1 fully saturated rings. The predicted molar refractivity (Wildman–Crippen MR) is 286 cm³/mol. The molecule has 68 heavy (non-hydrogen) atoms. The quantitative estimate of drug-likeness (QED) is 0.0261. The highest BCUT2D eigenvalue weighted by Gasteiger charge is 2.44. The predicted octanol–water partition coefficient (Wildman–Crippen LogP) is 14.6. The largest absolute Gasteiger partial charge is 0.394 e. The van der Waals surface area contributed by atoms with Gasteiger partial charge in [0.2, 0.25) is 5.91 Å². The standard InChI is InChI=1S/C59H113NO8/c1-3-5-7-9-11-13-15-17-19-21-22-23-24-25-26-27-28-29-30-31-32-33-35-37-39-41-43-45-47-49-55(63)60-52(51-67-59-58(66)57(65)56(64)54(50-61)68-59)53(62)48-46-44-42-40-38-36-34-20-18-16-14-12-10-8-6-4-2/h15,17,21-22,52-54,56-59,61-62,64-66H,3-14,16,18-20,23-51H2,1-2H3,(H,60,63)/b17-15-,22-21-. The van der Waals surface area contributed by atoms with Crippen molar-refractivity contribution in [1.29, 1.82) is 0 Å². The molecular weight excluding hydrogens is 851 g/mol. The van der Waals surface area contributed by atoms with Gasteiger partial charge in [-0.25, -0.2) is 0 Å². The van der Waals surface area contributed by atoms with Crippen LogP contribution in [0.25, 0.3) is 0 Å². The molecule has 0 aromatic rings. The fourth-order valence-electron chi connectivity index (χ4n) is 9.61. The number of nitrogens with one attached hydrogen (secondary N) is 1. The molecule has 0 saturated carbocycles. The van der Waals surface area contributed by atoms with Crippen LogP contribution in [0.5, 0.6) is 0 Å². The van der Waals surface area contributed by atoms with E-state index in [1.54, 1.807) is 0 Å². The molecule has 1 heterocycles. The van der Waals surface area contributed by atoms with Crippen molar-refractivity contribution in [3.05, 3.63) is 24.3 Å². The highest BCUT2D eigenvalue weighted by molar-refractivity contribution is 5.76. The number of aliphatic hydroxyl groups is 5. The van der Waals surface area contributed by atoms with E-state index < -0.39 is 49.5 Å². The number of carbonyl (C=O) groups is 1. The number of rotatable bonds is 51. The first kappa shape index (κ1) is 64.7. The van der Waals surface area contributed by atoms with Crippen molar-refractivity contribution in [3.63, 3.8) is 0 Å². The number of ether oxygens (including phenoxy) is 2. The smallest absolute Gasteiger partial charge is 0.220 e. The maximum Gasteiger partial charge on any atom is 0.220 e. The summed E-state index contributed by atoms with van der Waals surface area (Å²) in [5.74, 6) is -0.140. The lowest BCUT2D eigenvalue weighted by molar-refractivity contribution is -0.302. The molecule has 1 aliphatic heterocycles. The second-order valence-electron chi connectivity index (χ2n) is 20.8. The maximum absolute atomic E-state index is 13.1. The molecule has 1 amide bonds. The summed E-state index contributed by atoms with van der Waals surface area (Å²) in [5.41, 5.74) is 0. The van der Waals surface area contributed by atoms with Gasteiger partial charge in [-0.1, -0.05) is 263 Å². The number of amides is 1. The lowest BCUT2D eigenvalue weighted by Gasteiger charge is -2.40. The van der Waals surface area contributed by atoms with Crippen LogP contribution in [0.2, 0.25) is 0 Å². The summed E-state index contributed by atoms with van der Waals surface area (Å²) in [6, 6.07) is -0.716.